The first-order chi connectivity index (χ1) is 8.63. The third kappa shape index (κ3) is 2.85. The maximum atomic E-state index is 14.0. The number of hydrogen-bond donors (Lipinski definition) is 1. The van der Waals surface area contributed by atoms with E-state index in [-0.39, 0.29) is 11.9 Å². The first-order valence-corrected chi connectivity index (χ1v) is 6.89. The number of benzene rings is 1. The molecule has 1 heterocycles. The van der Waals surface area contributed by atoms with Crippen LogP contribution in [-0.4, -0.2) is 24.5 Å². The van der Waals surface area contributed by atoms with Gasteiger partial charge in [0.1, 0.15) is 5.82 Å². The molecule has 18 heavy (non-hydrogen) atoms. The molecule has 2 nitrogen and oxygen atoms in total. The zero-order valence-electron chi connectivity index (χ0n) is 10.7. The predicted octanol–water partition coefficient (Wildman–Crippen LogP) is 3.21. The lowest BCUT2D eigenvalue weighted by Crippen LogP contribution is -2.39. The Labute approximate surface area is 113 Å². The van der Waals surface area contributed by atoms with E-state index in [9.17, 15) is 4.39 Å². The topological polar surface area (TPSA) is 29.3 Å². The van der Waals surface area contributed by atoms with E-state index in [2.05, 4.69) is 11.8 Å². The van der Waals surface area contributed by atoms with Gasteiger partial charge in [-0.1, -0.05) is 24.6 Å². The van der Waals surface area contributed by atoms with Crippen molar-refractivity contribution in [1.29, 1.82) is 0 Å². The Morgan fingerprint density at radius 1 is 1.44 bits per heavy atom. The van der Waals surface area contributed by atoms with E-state index in [1.165, 1.54) is 6.07 Å². The van der Waals surface area contributed by atoms with Crippen molar-refractivity contribution in [3.8, 4) is 0 Å². The third-order valence-corrected chi connectivity index (χ3v) is 4.14. The average molecular weight is 271 g/mol. The summed E-state index contributed by atoms with van der Waals surface area (Å²) in [6, 6.07) is 4.71. The Balaban J connectivity index is 2.23. The Morgan fingerprint density at radius 2 is 2.11 bits per heavy atom. The number of nitrogens with zero attached hydrogens (tertiary/aromatic N) is 1. The average Bonchev–Trinajstić information content (AvgIpc) is 2.35. The maximum Gasteiger partial charge on any atom is 0.129 e. The number of piperidine rings is 1. The molecule has 4 heteroatoms. The number of nitrogens with two attached hydrogens (primary N) is 1. The molecule has 0 aromatic heterocycles. The highest BCUT2D eigenvalue weighted by molar-refractivity contribution is 6.31. The summed E-state index contributed by atoms with van der Waals surface area (Å²) in [5.74, 6) is 0.493. The van der Waals surface area contributed by atoms with Crippen LogP contribution in [0.15, 0.2) is 18.2 Å². The maximum absolute atomic E-state index is 14.0. The predicted molar refractivity (Wildman–Crippen MR) is 73.2 cm³/mol. The van der Waals surface area contributed by atoms with Crippen LogP contribution in [0.3, 0.4) is 0 Å². The van der Waals surface area contributed by atoms with Crippen molar-refractivity contribution in [1.82, 2.24) is 4.90 Å². The van der Waals surface area contributed by atoms with Crippen LogP contribution in [0.2, 0.25) is 5.02 Å². The van der Waals surface area contributed by atoms with E-state index in [4.69, 9.17) is 17.3 Å². The van der Waals surface area contributed by atoms with Gasteiger partial charge in [-0.3, -0.25) is 4.90 Å². The zero-order valence-corrected chi connectivity index (χ0v) is 11.5. The summed E-state index contributed by atoms with van der Waals surface area (Å²) in [5.41, 5.74) is 6.39. The molecular weight excluding hydrogens is 251 g/mol. The molecule has 1 saturated heterocycles. The molecule has 0 saturated carbocycles. The van der Waals surface area contributed by atoms with Gasteiger partial charge in [-0.25, -0.2) is 4.39 Å². The second-order valence-corrected chi connectivity index (χ2v) is 5.51. The lowest BCUT2D eigenvalue weighted by Gasteiger charge is -2.36. The Kier molecular flexibility index (Phi) is 4.60. The van der Waals surface area contributed by atoms with Crippen molar-refractivity contribution in [2.24, 2.45) is 11.7 Å². The molecule has 2 N–H and O–H groups in total. The summed E-state index contributed by atoms with van der Waals surface area (Å²) in [7, 11) is 0. The van der Waals surface area contributed by atoms with Crippen LogP contribution < -0.4 is 5.73 Å². The number of rotatable bonds is 3. The molecule has 1 aromatic rings. The normalized spacial score (nSPS) is 20.0. The van der Waals surface area contributed by atoms with Crippen LogP contribution in [-0.2, 0) is 0 Å². The smallest absolute Gasteiger partial charge is 0.129 e. The van der Waals surface area contributed by atoms with Crippen molar-refractivity contribution in [3.63, 3.8) is 0 Å². The summed E-state index contributed by atoms with van der Waals surface area (Å²) < 4.78 is 14.0. The monoisotopic (exact) mass is 270 g/mol. The standard InChI is InChI=1S/C14H20ClFN2/c1-10-5-7-18(8-6-10)13(9-17)14-11(15)3-2-4-12(14)16/h2-4,10,13H,5-9,17H2,1H3/t13-/m0/s1. The van der Waals surface area contributed by atoms with E-state index in [0.29, 0.717) is 17.1 Å². The molecule has 100 valence electrons. The molecule has 0 spiro atoms. The van der Waals surface area contributed by atoms with Crippen LogP contribution >= 0.6 is 11.6 Å². The largest absolute Gasteiger partial charge is 0.329 e. The highest BCUT2D eigenvalue weighted by Gasteiger charge is 2.27. The third-order valence-electron chi connectivity index (χ3n) is 3.82. The van der Waals surface area contributed by atoms with Gasteiger partial charge in [-0.05, 0) is 44.0 Å². The molecule has 0 bridgehead atoms. The number of hydrogen-bond acceptors (Lipinski definition) is 2. The van der Waals surface area contributed by atoms with Gasteiger partial charge >= 0.3 is 0 Å². The van der Waals surface area contributed by atoms with Gasteiger partial charge in [0, 0.05) is 17.1 Å². The van der Waals surface area contributed by atoms with Crippen LogP contribution in [0.5, 0.6) is 0 Å². The first kappa shape index (κ1) is 13.8. The van der Waals surface area contributed by atoms with Crippen LogP contribution in [0.4, 0.5) is 4.39 Å². The molecule has 1 atom stereocenters. The Hall–Kier alpha value is -0.640. The minimum absolute atomic E-state index is 0.105. The van der Waals surface area contributed by atoms with Crippen molar-refractivity contribution in [3.05, 3.63) is 34.6 Å². The highest BCUT2D eigenvalue weighted by atomic mass is 35.5. The van der Waals surface area contributed by atoms with Crippen LogP contribution in [0, 0.1) is 11.7 Å². The minimum Gasteiger partial charge on any atom is -0.329 e. The van der Waals surface area contributed by atoms with Gasteiger partial charge < -0.3 is 5.73 Å². The molecule has 1 aliphatic rings. The summed E-state index contributed by atoms with van der Waals surface area (Å²) in [5, 5.41) is 0.476. The van der Waals surface area contributed by atoms with Crippen molar-refractivity contribution in [2.45, 2.75) is 25.8 Å². The second-order valence-electron chi connectivity index (χ2n) is 5.11. The molecule has 1 aliphatic heterocycles. The minimum atomic E-state index is -0.253. The fourth-order valence-electron chi connectivity index (χ4n) is 2.62. The van der Waals surface area contributed by atoms with Crippen molar-refractivity contribution in [2.75, 3.05) is 19.6 Å². The van der Waals surface area contributed by atoms with Gasteiger partial charge in [0.05, 0.1) is 6.04 Å². The van der Waals surface area contributed by atoms with Gasteiger partial charge in [0.25, 0.3) is 0 Å². The number of likely N-dealkylation sites (tertiary alicyclic amines) is 1. The van der Waals surface area contributed by atoms with Crippen molar-refractivity contribution < 1.29 is 4.39 Å². The summed E-state index contributed by atoms with van der Waals surface area (Å²) in [4.78, 5) is 2.25. The molecule has 2 rings (SSSR count). The fraction of sp³-hybridized carbons (Fsp3) is 0.571. The van der Waals surface area contributed by atoms with Crippen molar-refractivity contribution >= 4 is 11.6 Å². The molecule has 0 aliphatic carbocycles. The van der Waals surface area contributed by atoms with Gasteiger partial charge in [0.15, 0.2) is 0 Å². The molecule has 0 radical (unpaired) electrons. The van der Waals surface area contributed by atoms with Gasteiger partial charge in [0.2, 0.25) is 0 Å². The van der Waals surface area contributed by atoms with E-state index in [0.717, 1.165) is 31.8 Å². The molecule has 0 unspecified atom stereocenters. The van der Waals surface area contributed by atoms with E-state index in [1.807, 2.05) is 0 Å². The SMILES string of the molecule is CC1CCN([C@@H](CN)c2c(F)cccc2Cl)CC1. The van der Waals surface area contributed by atoms with E-state index < -0.39 is 0 Å². The lowest BCUT2D eigenvalue weighted by atomic mass is 9.95. The quantitative estimate of drug-likeness (QED) is 0.914. The molecule has 0 amide bonds. The van der Waals surface area contributed by atoms with Gasteiger partial charge in [-0.2, -0.15) is 0 Å². The molecule has 1 aromatic carbocycles. The Bertz CT molecular complexity index is 383. The van der Waals surface area contributed by atoms with E-state index >= 15 is 0 Å². The second kappa shape index (κ2) is 6.00. The Morgan fingerprint density at radius 3 is 2.67 bits per heavy atom. The summed E-state index contributed by atoms with van der Waals surface area (Å²) in [6.07, 6.45) is 2.28. The zero-order chi connectivity index (χ0) is 13.1. The highest BCUT2D eigenvalue weighted by Crippen LogP contribution is 2.32. The summed E-state index contributed by atoms with van der Waals surface area (Å²) in [6.45, 7) is 4.58. The van der Waals surface area contributed by atoms with E-state index in [1.54, 1.807) is 12.1 Å². The fourth-order valence-corrected chi connectivity index (χ4v) is 2.91. The first-order valence-electron chi connectivity index (χ1n) is 6.51. The van der Waals surface area contributed by atoms with Gasteiger partial charge in [-0.15, -0.1) is 0 Å². The van der Waals surface area contributed by atoms with Crippen LogP contribution in [0.25, 0.3) is 0 Å². The molecular formula is C14H20ClFN2. The summed E-state index contributed by atoms with van der Waals surface area (Å²) >= 11 is 6.13. The lowest BCUT2D eigenvalue weighted by molar-refractivity contribution is 0.139. The molecule has 1 fully saturated rings. The van der Waals surface area contributed by atoms with Crippen LogP contribution in [0.1, 0.15) is 31.4 Å². The number of halogens is 2.